The van der Waals surface area contributed by atoms with Gasteiger partial charge in [0.2, 0.25) is 0 Å². The van der Waals surface area contributed by atoms with E-state index in [0.717, 1.165) is 41.7 Å². The van der Waals surface area contributed by atoms with Crippen LogP contribution in [0.5, 0.6) is 0 Å². The summed E-state index contributed by atoms with van der Waals surface area (Å²) in [6.45, 7) is 3.74. The maximum absolute atomic E-state index is 14.3. The van der Waals surface area contributed by atoms with Gasteiger partial charge in [0.25, 0.3) is 6.43 Å². The standard InChI is InChI=1S/C20H20F3N5S/c1-12-18-16(9-14(11-24-18)28-5-7-29-8-6-28)20(27-26-12)25-10-13-3-2-4-15(17(13)21)19(22)23/h2-4,9,11,19H,5-8,10H2,1H3,(H,25,27). The molecule has 0 bridgehead atoms. The summed E-state index contributed by atoms with van der Waals surface area (Å²) in [6.07, 6.45) is -1.02. The first-order chi connectivity index (χ1) is 14.0. The van der Waals surface area contributed by atoms with Crippen molar-refractivity contribution in [2.75, 3.05) is 34.8 Å². The van der Waals surface area contributed by atoms with Crippen molar-refractivity contribution in [3.63, 3.8) is 0 Å². The molecular formula is C20H20F3N5S. The molecule has 0 saturated carbocycles. The molecule has 0 aliphatic carbocycles. The second-order valence-electron chi connectivity index (χ2n) is 6.80. The molecule has 9 heteroatoms. The Morgan fingerprint density at radius 1 is 1.21 bits per heavy atom. The number of benzene rings is 1. The molecule has 0 unspecified atom stereocenters. The number of rotatable bonds is 5. The molecule has 1 saturated heterocycles. The van der Waals surface area contributed by atoms with E-state index in [1.807, 2.05) is 30.9 Å². The zero-order chi connectivity index (χ0) is 20.4. The number of alkyl halides is 2. The summed E-state index contributed by atoms with van der Waals surface area (Å²) in [7, 11) is 0. The largest absolute Gasteiger partial charge is 0.369 e. The Morgan fingerprint density at radius 3 is 2.76 bits per heavy atom. The molecule has 3 aromatic rings. The molecule has 4 rings (SSSR count). The molecule has 152 valence electrons. The van der Waals surface area contributed by atoms with Crippen LogP contribution in [0.15, 0.2) is 30.5 Å². The van der Waals surface area contributed by atoms with Gasteiger partial charge < -0.3 is 10.2 Å². The van der Waals surface area contributed by atoms with Crippen molar-refractivity contribution >= 4 is 34.2 Å². The summed E-state index contributed by atoms with van der Waals surface area (Å²) in [5.41, 5.74) is 1.95. The monoisotopic (exact) mass is 419 g/mol. The summed E-state index contributed by atoms with van der Waals surface area (Å²) >= 11 is 1.93. The van der Waals surface area contributed by atoms with E-state index in [0.29, 0.717) is 17.0 Å². The minimum atomic E-state index is -2.86. The van der Waals surface area contributed by atoms with Crippen molar-refractivity contribution in [2.45, 2.75) is 19.9 Å². The van der Waals surface area contributed by atoms with Crippen LogP contribution in [0.1, 0.15) is 23.2 Å². The number of aromatic nitrogens is 3. The Labute approximate surface area is 170 Å². The molecule has 1 aliphatic heterocycles. The zero-order valence-corrected chi connectivity index (χ0v) is 16.6. The second-order valence-corrected chi connectivity index (χ2v) is 8.02. The normalized spacial score (nSPS) is 14.6. The molecule has 0 spiro atoms. The first-order valence-electron chi connectivity index (χ1n) is 9.29. The lowest BCUT2D eigenvalue weighted by molar-refractivity contribution is 0.146. The van der Waals surface area contributed by atoms with Gasteiger partial charge in [-0.1, -0.05) is 18.2 Å². The number of thioether (sulfide) groups is 1. The number of fused-ring (bicyclic) bond motifs is 1. The van der Waals surface area contributed by atoms with Crippen molar-refractivity contribution in [3.05, 3.63) is 53.1 Å². The van der Waals surface area contributed by atoms with Crippen LogP contribution in [-0.4, -0.2) is 39.8 Å². The Morgan fingerprint density at radius 2 is 2.00 bits per heavy atom. The minimum Gasteiger partial charge on any atom is -0.369 e. The molecule has 3 heterocycles. The lowest BCUT2D eigenvalue weighted by Gasteiger charge is -2.28. The van der Waals surface area contributed by atoms with Crippen LogP contribution >= 0.6 is 11.8 Å². The third kappa shape index (κ3) is 4.10. The summed E-state index contributed by atoms with van der Waals surface area (Å²) < 4.78 is 40.2. The van der Waals surface area contributed by atoms with Crippen LogP contribution < -0.4 is 10.2 Å². The number of nitrogens with zero attached hydrogens (tertiary/aromatic N) is 4. The first kappa shape index (κ1) is 19.8. The zero-order valence-electron chi connectivity index (χ0n) is 15.8. The second kappa shape index (κ2) is 8.44. The van der Waals surface area contributed by atoms with Crippen LogP contribution in [0.2, 0.25) is 0 Å². The highest BCUT2D eigenvalue weighted by atomic mass is 32.2. The van der Waals surface area contributed by atoms with Gasteiger partial charge in [0.1, 0.15) is 5.82 Å². The number of anilines is 2. The molecule has 0 atom stereocenters. The average Bonchev–Trinajstić information content (AvgIpc) is 2.74. The van der Waals surface area contributed by atoms with Crippen molar-refractivity contribution in [2.24, 2.45) is 0 Å². The minimum absolute atomic E-state index is 0.0177. The van der Waals surface area contributed by atoms with Crippen molar-refractivity contribution in [1.82, 2.24) is 15.2 Å². The fourth-order valence-electron chi connectivity index (χ4n) is 3.36. The molecule has 2 aromatic heterocycles. The number of halogens is 3. The number of pyridine rings is 1. The lowest BCUT2D eigenvalue weighted by Crippen LogP contribution is -2.32. The predicted octanol–water partition coefficient (Wildman–Crippen LogP) is 4.58. The van der Waals surface area contributed by atoms with Crippen molar-refractivity contribution in [3.8, 4) is 0 Å². The summed E-state index contributed by atoms with van der Waals surface area (Å²) in [4.78, 5) is 6.83. The molecule has 1 N–H and O–H groups in total. The lowest BCUT2D eigenvalue weighted by atomic mass is 10.1. The fraction of sp³-hybridized carbons (Fsp3) is 0.350. The molecule has 0 radical (unpaired) electrons. The molecular weight excluding hydrogens is 399 g/mol. The van der Waals surface area contributed by atoms with E-state index in [4.69, 9.17) is 0 Å². The van der Waals surface area contributed by atoms with E-state index in [1.165, 1.54) is 12.1 Å². The molecule has 1 fully saturated rings. The van der Waals surface area contributed by atoms with E-state index in [1.54, 1.807) is 0 Å². The first-order valence-corrected chi connectivity index (χ1v) is 10.4. The van der Waals surface area contributed by atoms with E-state index in [2.05, 4.69) is 25.4 Å². The Balaban J connectivity index is 1.65. The van der Waals surface area contributed by atoms with Gasteiger partial charge in [-0.05, 0) is 13.0 Å². The Kier molecular flexibility index (Phi) is 5.75. The summed E-state index contributed by atoms with van der Waals surface area (Å²) in [5, 5.41) is 12.1. The van der Waals surface area contributed by atoms with Gasteiger partial charge in [-0.2, -0.15) is 16.9 Å². The Hall–Kier alpha value is -2.55. The number of nitrogens with one attached hydrogen (secondary N) is 1. The van der Waals surface area contributed by atoms with E-state index < -0.39 is 17.8 Å². The van der Waals surface area contributed by atoms with Crippen LogP contribution in [0, 0.1) is 12.7 Å². The van der Waals surface area contributed by atoms with Gasteiger partial charge in [-0.3, -0.25) is 4.98 Å². The van der Waals surface area contributed by atoms with Crippen LogP contribution in [0.25, 0.3) is 10.9 Å². The van der Waals surface area contributed by atoms with Crippen LogP contribution in [0.3, 0.4) is 0 Å². The maximum Gasteiger partial charge on any atom is 0.266 e. The van der Waals surface area contributed by atoms with Crippen LogP contribution in [0.4, 0.5) is 24.7 Å². The quantitative estimate of drug-likeness (QED) is 0.654. The van der Waals surface area contributed by atoms with Gasteiger partial charge in [0.15, 0.2) is 5.82 Å². The van der Waals surface area contributed by atoms with E-state index >= 15 is 0 Å². The highest BCUT2D eigenvalue weighted by molar-refractivity contribution is 7.99. The highest BCUT2D eigenvalue weighted by Gasteiger charge is 2.18. The van der Waals surface area contributed by atoms with Crippen molar-refractivity contribution < 1.29 is 13.2 Å². The highest BCUT2D eigenvalue weighted by Crippen LogP contribution is 2.29. The van der Waals surface area contributed by atoms with Gasteiger partial charge in [0.05, 0.1) is 28.7 Å². The average molecular weight is 419 g/mol. The van der Waals surface area contributed by atoms with Gasteiger partial charge in [-0.25, -0.2) is 13.2 Å². The predicted molar refractivity (Wildman–Crippen MR) is 110 cm³/mol. The SMILES string of the molecule is Cc1nnc(NCc2cccc(C(F)F)c2F)c2cc(N3CCSCC3)cnc12. The third-order valence-electron chi connectivity index (χ3n) is 4.94. The molecule has 29 heavy (non-hydrogen) atoms. The van der Waals surface area contributed by atoms with Crippen molar-refractivity contribution in [1.29, 1.82) is 0 Å². The van der Waals surface area contributed by atoms with Gasteiger partial charge >= 0.3 is 0 Å². The third-order valence-corrected chi connectivity index (χ3v) is 5.88. The van der Waals surface area contributed by atoms with E-state index in [9.17, 15) is 13.2 Å². The molecule has 1 aliphatic rings. The smallest absolute Gasteiger partial charge is 0.266 e. The molecule has 0 amide bonds. The number of hydrogen-bond donors (Lipinski definition) is 1. The van der Waals surface area contributed by atoms with Crippen LogP contribution in [-0.2, 0) is 6.54 Å². The Bertz CT molecular complexity index is 1020. The van der Waals surface area contributed by atoms with Gasteiger partial charge in [0, 0.05) is 42.1 Å². The van der Waals surface area contributed by atoms with E-state index in [-0.39, 0.29) is 12.1 Å². The fourth-order valence-corrected chi connectivity index (χ4v) is 4.26. The molecule has 1 aromatic carbocycles. The summed E-state index contributed by atoms with van der Waals surface area (Å²) in [6, 6.07) is 6.01. The number of hydrogen-bond acceptors (Lipinski definition) is 6. The molecule has 5 nitrogen and oxygen atoms in total. The maximum atomic E-state index is 14.3. The topological polar surface area (TPSA) is 53.9 Å². The number of aryl methyl sites for hydroxylation is 1. The summed E-state index contributed by atoms with van der Waals surface area (Å²) in [5.74, 6) is 1.68. The van der Waals surface area contributed by atoms with Gasteiger partial charge in [-0.15, -0.1) is 5.10 Å².